The van der Waals surface area contributed by atoms with Crippen LogP contribution in [0.4, 0.5) is 0 Å². The molecular formula is C59H42IrN4O2-2. The van der Waals surface area contributed by atoms with E-state index in [9.17, 15) is 4.79 Å². The van der Waals surface area contributed by atoms with Crippen molar-refractivity contribution in [2.75, 3.05) is 0 Å². The Morgan fingerprint density at radius 1 is 0.470 bits per heavy atom. The Morgan fingerprint density at radius 3 is 1.24 bits per heavy atom. The molecule has 0 amide bonds. The summed E-state index contributed by atoms with van der Waals surface area (Å²) < 4.78 is 4.61. The Morgan fingerprint density at radius 2 is 0.848 bits per heavy atom. The standard InChI is InChI=1S/2C27H17N2.C5H8O2.Ir/c2*1-2-9-21(10-3-1)29-25-13-7-6-12-23(25)24-18-20(14-15-26(24)29)27-22-11-5-4-8-19(22)16-17-28-27;1-4(6)3-5(2)7;/h2*1-13,15-18H;3,6H,1-2H3;/q2*-1;;/b;;4-3-;. The van der Waals surface area contributed by atoms with E-state index in [1.807, 2.05) is 24.5 Å². The number of hydrogen-bond donors (Lipinski definition) is 1. The van der Waals surface area contributed by atoms with Crippen molar-refractivity contribution in [1.82, 2.24) is 19.1 Å². The van der Waals surface area contributed by atoms with Crippen LogP contribution in [0.5, 0.6) is 0 Å². The van der Waals surface area contributed by atoms with E-state index in [0.717, 1.165) is 55.7 Å². The molecule has 66 heavy (non-hydrogen) atoms. The molecule has 0 unspecified atom stereocenters. The van der Waals surface area contributed by atoms with Crippen molar-refractivity contribution >= 4 is 70.9 Å². The molecule has 0 saturated carbocycles. The number of aliphatic hydroxyl groups excluding tert-OH is 1. The molecule has 1 radical (unpaired) electrons. The number of carbonyl (C=O) groups is 1. The maximum Gasteiger partial charge on any atom is 0.155 e. The van der Waals surface area contributed by atoms with Gasteiger partial charge < -0.3 is 24.2 Å². The van der Waals surface area contributed by atoms with Gasteiger partial charge in [0.05, 0.1) is 5.76 Å². The number of allylic oxidation sites excluding steroid dienone is 2. The van der Waals surface area contributed by atoms with Crippen LogP contribution in [0.15, 0.2) is 218 Å². The second kappa shape index (κ2) is 19.0. The van der Waals surface area contributed by atoms with Gasteiger partial charge >= 0.3 is 0 Å². The second-order valence-electron chi connectivity index (χ2n) is 15.8. The van der Waals surface area contributed by atoms with Crippen LogP contribution in [0.1, 0.15) is 13.8 Å². The summed E-state index contributed by atoms with van der Waals surface area (Å²) >= 11 is 0. The minimum Gasteiger partial charge on any atom is -0.512 e. The van der Waals surface area contributed by atoms with Gasteiger partial charge in [-0.1, -0.05) is 132 Å². The quantitative estimate of drug-likeness (QED) is 0.106. The fourth-order valence-corrected chi connectivity index (χ4v) is 8.77. The van der Waals surface area contributed by atoms with E-state index in [1.165, 1.54) is 63.3 Å². The van der Waals surface area contributed by atoms with Crippen molar-refractivity contribution < 1.29 is 30.0 Å². The number of carbonyl (C=O) groups excluding carboxylic acids is 1. The van der Waals surface area contributed by atoms with E-state index < -0.39 is 0 Å². The van der Waals surface area contributed by atoms with Crippen LogP contribution < -0.4 is 0 Å². The Labute approximate surface area is 396 Å². The number of fused-ring (bicyclic) bond motifs is 8. The summed E-state index contributed by atoms with van der Waals surface area (Å²) in [5.41, 5.74) is 11.0. The van der Waals surface area contributed by atoms with Gasteiger partial charge in [-0.05, 0) is 117 Å². The molecule has 0 aliphatic heterocycles. The molecule has 0 bridgehead atoms. The summed E-state index contributed by atoms with van der Waals surface area (Å²) in [5.74, 6) is -0.0625. The van der Waals surface area contributed by atoms with Gasteiger partial charge in [0.15, 0.2) is 5.78 Å². The Kier molecular flexibility index (Phi) is 12.5. The van der Waals surface area contributed by atoms with Gasteiger partial charge in [0, 0.05) is 61.0 Å². The molecule has 6 nitrogen and oxygen atoms in total. The molecule has 12 aromatic rings. The number of rotatable bonds is 5. The van der Waals surface area contributed by atoms with Crippen molar-refractivity contribution in [3.05, 3.63) is 230 Å². The monoisotopic (exact) mass is 1030 g/mol. The van der Waals surface area contributed by atoms with E-state index in [1.54, 1.807) is 0 Å². The Balaban J connectivity index is 0.000000144. The first kappa shape index (κ1) is 43.3. The second-order valence-corrected chi connectivity index (χ2v) is 15.8. The van der Waals surface area contributed by atoms with Gasteiger partial charge in [-0.2, -0.15) is 0 Å². The van der Waals surface area contributed by atoms with Crippen LogP contribution in [-0.2, 0) is 24.9 Å². The molecule has 0 saturated heterocycles. The van der Waals surface area contributed by atoms with Crippen LogP contribution in [0, 0.1) is 12.1 Å². The molecule has 0 atom stereocenters. The molecule has 12 rings (SSSR count). The van der Waals surface area contributed by atoms with Gasteiger partial charge in [-0.3, -0.25) is 4.79 Å². The zero-order valence-corrected chi connectivity index (χ0v) is 38.6. The van der Waals surface area contributed by atoms with E-state index in [2.05, 4.69) is 203 Å². The molecule has 4 aromatic heterocycles. The Bertz CT molecular complexity index is 3480. The predicted octanol–water partition coefficient (Wildman–Crippen LogP) is 14.6. The Hall–Kier alpha value is -7.96. The van der Waals surface area contributed by atoms with Crippen molar-refractivity contribution in [2.24, 2.45) is 0 Å². The third-order valence-electron chi connectivity index (χ3n) is 11.5. The molecule has 7 heteroatoms. The van der Waals surface area contributed by atoms with E-state index in [0.29, 0.717) is 0 Å². The number of nitrogens with zero attached hydrogens (tertiary/aromatic N) is 4. The summed E-state index contributed by atoms with van der Waals surface area (Å²) in [4.78, 5) is 19.4. The molecule has 4 heterocycles. The van der Waals surface area contributed by atoms with Crippen molar-refractivity contribution in [3.8, 4) is 33.9 Å². The van der Waals surface area contributed by atoms with Crippen LogP contribution in [-0.4, -0.2) is 30.0 Å². The molecule has 0 aliphatic rings. The normalized spacial score (nSPS) is 11.3. The number of aromatic nitrogens is 4. The van der Waals surface area contributed by atoms with Crippen LogP contribution >= 0.6 is 0 Å². The predicted molar refractivity (Wildman–Crippen MR) is 268 cm³/mol. The number of aliphatic hydroxyl groups is 1. The summed E-state index contributed by atoms with van der Waals surface area (Å²) in [7, 11) is 0. The largest absolute Gasteiger partial charge is 0.512 e. The third-order valence-corrected chi connectivity index (χ3v) is 11.5. The summed E-state index contributed by atoms with van der Waals surface area (Å²) in [5, 5.41) is 18.0. The van der Waals surface area contributed by atoms with Crippen LogP contribution in [0.25, 0.3) is 99.0 Å². The minimum absolute atomic E-state index is 0. The number of ketones is 1. The molecule has 0 spiro atoms. The van der Waals surface area contributed by atoms with Gasteiger partial charge in [0.2, 0.25) is 0 Å². The fraction of sp³-hybridized carbons (Fsp3) is 0.0339. The number of pyridine rings is 2. The average molecular weight is 1030 g/mol. The molecule has 8 aromatic carbocycles. The van der Waals surface area contributed by atoms with E-state index in [4.69, 9.17) is 15.1 Å². The zero-order valence-electron chi connectivity index (χ0n) is 36.2. The van der Waals surface area contributed by atoms with Crippen molar-refractivity contribution in [3.63, 3.8) is 0 Å². The van der Waals surface area contributed by atoms with Crippen LogP contribution in [0.3, 0.4) is 0 Å². The van der Waals surface area contributed by atoms with Gasteiger partial charge in [0.1, 0.15) is 0 Å². The van der Waals surface area contributed by atoms with Gasteiger partial charge in [-0.15, -0.1) is 47.5 Å². The van der Waals surface area contributed by atoms with Crippen molar-refractivity contribution in [2.45, 2.75) is 13.8 Å². The minimum atomic E-state index is -0.125. The number of para-hydroxylation sites is 4. The smallest absolute Gasteiger partial charge is 0.155 e. The molecule has 1 N–H and O–H groups in total. The number of hydrogen-bond acceptors (Lipinski definition) is 4. The first-order valence-corrected chi connectivity index (χ1v) is 21.5. The van der Waals surface area contributed by atoms with E-state index >= 15 is 0 Å². The SMILES string of the molecule is CC(=O)/C=C(/C)O.[Ir].[c-]1cc2c(cc1-c1nccc3ccccc13)c1ccccc1n2-c1ccccc1.[c-]1cc2c(cc1-c1nccc3ccccc13)c1ccccc1n2-c1ccccc1. The van der Waals surface area contributed by atoms with Crippen LogP contribution in [0.2, 0.25) is 0 Å². The summed E-state index contributed by atoms with van der Waals surface area (Å²) in [6, 6.07) is 74.7. The summed E-state index contributed by atoms with van der Waals surface area (Å²) in [6.07, 6.45) is 4.92. The van der Waals surface area contributed by atoms with Gasteiger partial charge in [-0.25, -0.2) is 0 Å². The topological polar surface area (TPSA) is 72.9 Å². The summed E-state index contributed by atoms with van der Waals surface area (Å²) in [6.45, 7) is 2.85. The van der Waals surface area contributed by atoms with Gasteiger partial charge in [0.25, 0.3) is 0 Å². The first-order chi connectivity index (χ1) is 31.9. The first-order valence-electron chi connectivity index (χ1n) is 21.5. The maximum atomic E-state index is 10.0. The fourth-order valence-electron chi connectivity index (χ4n) is 8.77. The van der Waals surface area contributed by atoms with E-state index in [-0.39, 0.29) is 31.6 Å². The van der Waals surface area contributed by atoms with Crippen molar-refractivity contribution in [1.29, 1.82) is 0 Å². The molecule has 0 aliphatic carbocycles. The third kappa shape index (κ3) is 8.41. The molecular weight excluding hydrogens is 989 g/mol. The number of benzene rings is 8. The zero-order chi connectivity index (χ0) is 44.3. The maximum absolute atomic E-state index is 10.0. The molecule has 0 fully saturated rings. The molecule has 321 valence electrons. The average Bonchev–Trinajstić information content (AvgIpc) is 3.86.